The first-order valence-corrected chi connectivity index (χ1v) is 10.8. The number of aryl methyl sites for hydroxylation is 2. The molecule has 0 aliphatic carbocycles. The summed E-state index contributed by atoms with van der Waals surface area (Å²) in [5, 5.41) is 3.33. The van der Waals surface area contributed by atoms with Crippen molar-refractivity contribution in [1.29, 1.82) is 0 Å². The fourth-order valence-electron chi connectivity index (χ4n) is 2.71. The molecule has 1 aromatic heterocycles. The van der Waals surface area contributed by atoms with Crippen molar-refractivity contribution in [1.82, 2.24) is 14.3 Å². The zero-order valence-electron chi connectivity index (χ0n) is 15.8. The van der Waals surface area contributed by atoms with Gasteiger partial charge in [-0.25, -0.2) is 18.1 Å². The van der Waals surface area contributed by atoms with Gasteiger partial charge in [0.05, 0.1) is 11.2 Å². The number of nitrogens with zero attached hydrogens (tertiary/aromatic N) is 2. The molecule has 9 heteroatoms. The van der Waals surface area contributed by atoms with Gasteiger partial charge in [-0.2, -0.15) is 0 Å². The second-order valence-electron chi connectivity index (χ2n) is 6.49. The Morgan fingerprint density at radius 2 is 1.93 bits per heavy atom. The minimum Gasteiger partial charge on any atom is -0.337 e. The second-order valence-corrected chi connectivity index (χ2v) is 8.69. The van der Waals surface area contributed by atoms with Crippen LogP contribution in [0.15, 0.2) is 66.1 Å². The van der Waals surface area contributed by atoms with Crippen LogP contribution >= 0.6 is 11.6 Å². The van der Waals surface area contributed by atoms with Gasteiger partial charge in [0.1, 0.15) is 0 Å². The molecule has 0 unspecified atom stereocenters. The molecule has 1 heterocycles. The second kappa shape index (κ2) is 9.21. The Kier molecular flexibility index (Phi) is 6.68. The molecule has 0 saturated carbocycles. The van der Waals surface area contributed by atoms with E-state index in [4.69, 9.17) is 11.6 Å². The number of rotatable bonds is 8. The summed E-state index contributed by atoms with van der Waals surface area (Å²) in [7, 11) is -3.63. The van der Waals surface area contributed by atoms with Crippen molar-refractivity contribution < 1.29 is 13.2 Å². The average molecular weight is 433 g/mol. The molecular weight excluding hydrogens is 412 g/mol. The highest BCUT2D eigenvalue weighted by atomic mass is 35.5. The number of halogens is 1. The van der Waals surface area contributed by atoms with Gasteiger partial charge in [0, 0.05) is 41.8 Å². The van der Waals surface area contributed by atoms with E-state index in [0.717, 1.165) is 0 Å². The first kappa shape index (κ1) is 21.0. The smallest absolute Gasteiger partial charge is 0.255 e. The molecule has 0 bridgehead atoms. The highest BCUT2D eigenvalue weighted by Gasteiger charge is 2.15. The lowest BCUT2D eigenvalue weighted by Crippen LogP contribution is -2.25. The molecule has 0 fully saturated rings. The number of aromatic nitrogens is 2. The maximum Gasteiger partial charge on any atom is 0.255 e. The fraction of sp³-hybridized carbons (Fsp3) is 0.200. The highest BCUT2D eigenvalue weighted by Crippen LogP contribution is 2.21. The van der Waals surface area contributed by atoms with Crippen molar-refractivity contribution >= 4 is 33.2 Å². The number of anilines is 1. The van der Waals surface area contributed by atoms with E-state index in [1.807, 2.05) is 10.8 Å². The predicted octanol–water partition coefficient (Wildman–Crippen LogP) is 3.47. The van der Waals surface area contributed by atoms with Crippen LogP contribution in [0.5, 0.6) is 0 Å². The van der Waals surface area contributed by atoms with Gasteiger partial charge in [-0.15, -0.1) is 0 Å². The summed E-state index contributed by atoms with van der Waals surface area (Å²) in [6, 6.07) is 11.1. The standard InChI is InChI=1S/C20H21ClN4O3S/c1-15-13-18(29(27,28)23-9-2-11-25-12-10-22-14-25)7-8-19(15)24-20(26)16-3-5-17(21)6-4-16/h3-8,10,12-14,23H,2,9,11H2,1H3,(H,24,26). The van der Waals surface area contributed by atoms with Gasteiger partial charge in [-0.1, -0.05) is 11.6 Å². The van der Waals surface area contributed by atoms with Gasteiger partial charge < -0.3 is 9.88 Å². The number of benzene rings is 2. The van der Waals surface area contributed by atoms with Crippen molar-refractivity contribution in [2.24, 2.45) is 0 Å². The molecule has 2 aromatic carbocycles. The molecule has 3 aromatic rings. The molecule has 29 heavy (non-hydrogen) atoms. The van der Waals surface area contributed by atoms with E-state index >= 15 is 0 Å². The lowest BCUT2D eigenvalue weighted by molar-refractivity contribution is 0.102. The molecule has 3 rings (SSSR count). The number of hydrogen-bond acceptors (Lipinski definition) is 4. The number of carbonyl (C=O) groups is 1. The molecule has 152 valence electrons. The van der Waals surface area contributed by atoms with Crippen LogP contribution in [0.4, 0.5) is 5.69 Å². The molecule has 1 amide bonds. The van der Waals surface area contributed by atoms with Crippen LogP contribution < -0.4 is 10.0 Å². The Labute approximate surface area is 174 Å². The van der Waals surface area contributed by atoms with E-state index in [0.29, 0.717) is 41.3 Å². The first-order valence-electron chi connectivity index (χ1n) is 8.98. The SMILES string of the molecule is Cc1cc(S(=O)(=O)NCCCn2ccnc2)ccc1NC(=O)c1ccc(Cl)cc1. The highest BCUT2D eigenvalue weighted by molar-refractivity contribution is 7.89. The monoisotopic (exact) mass is 432 g/mol. The van der Waals surface area contributed by atoms with Crippen molar-refractivity contribution in [3.63, 3.8) is 0 Å². The van der Waals surface area contributed by atoms with Gasteiger partial charge >= 0.3 is 0 Å². The predicted molar refractivity (Wildman–Crippen MR) is 113 cm³/mol. The Morgan fingerprint density at radius 3 is 2.59 bits per heavy atom. The Morgan fingerprint density at radius 1 is 1.17 bits per heavy atom. The van der Waals surface area contributed by atoms with Crippen molar-refractivity contribution in [3.8, 4) is 0 Å². The third kappa shape index (κ3) is 5.66. The van der Waals surface area contributed by atoms with Crippen LogP contribution in [0.1, 0.15) is 22.3 Å². The minimum absolute atomic E-state index is 0.155. The molecule has 0 spiro atoms. The van der Waals surface area contributed by atoms with Crippen LogP contribution in [0.2, 0.25) is 5.02 Å². The van der Waals surface area contributed by atoms with E-state index in [2.05, 4.69) is 15.0 Å². The summed E-state index contributed by atoms with van der Waals surface area (Å²) in [6.07, 6.45) is 5.84. The maximum atomic E-state index is 12.5. The third-order valence-corrected chi connectivity index (χ3v) is 6.02. The van der Waals surface area contributed by atoms with Gasteiger partial charge in [-0.05, 0) is 61.4 Å². The van der Waals surface area contributed by atoms with Gasteiger partial charge in [-0.3, -0.25) is 4.79 Å². The van der Waals surface area contributed by atoms with E-state index in [1.165, 1.54) is 12.1 Å². The molecule has 0 atom stereocenters. The van der Waals surface area contributed by atoms with Gasteiger partial charge in [0.2, 0.25) is 10.0 Å². The largest absolute Gasteiger partial charge is 0.337 e. The number of hydrogen-bond donors (Lipinski definition) is 2. The van der Waals surface area contributed by atoms with E-state index < -0.39 is 10.0 Å². The van der Waals surface area contributed by atoms with Gasteiger partial charge in [0.25, 0.3) is 5.91 Å². The van der Waals surface area contributed by atoms with E-state index in [9.17, 15) is 13.2 Å². The topological polar surface area (TPSA) is 93.1 Å². The van der Waals surface area contributed by atoms with E-state index in [-0.39, 0.29) is 10.8 Å². The van der Waals surface area contributed by atoms with E-state index in [1.54, 1.807) is 49.8 Å². The summed E-state index contributed by atoms with van der Waals surface area (Å²) >= 11 is 5.83. The summed E-state index contributed by atoms with van der Waals surface area (Å²) in [5.41, 5.74) is 1.66. The normalized spacial score (nSPS) is 11.4. The van der Waals surface area contributed by atoms with Crippen LogP contribution in [0.3, 0.4) is 0 Å². The molecule has 0 radical (unpaired) electrons. The van der Waals surface area contributed by atoms with Crippen molar-refractivity contribution in [3.05, 3.63) is 77.3 Å². The number of imidazole rings is 1. The Balaban J connectivity index is 1.61. The summed E-state index contributed by atoms with van der Waals surface area (Å²) in [4.78, 5) is 16.4. The molecule has 0 aliphatic heterocycles. The average Bonchev–Trinajstić information content (AvgIpc) is 3.21. The Hall–Kier alpha value is -2.68. The zero-order valence-corrected chi connectivity index (χ0v) is 17.4. The minimum atomic E-state index is -3.63. The van der Waals surface area contributed by atoms with Gasteiger partial charge in [0.15, 0.2) is 0 Å². The van der Waals surface area contributed by atoms with Crippen LogP contribution in [-0.2, 0) is 16.6 Å². The van der Waals surface area contributed by atoms with Crippen LogP contribution in [0.25, 0.3) is 0 Å². The fourth-order valence-corrected chi connectivity index (χ4v) is 3.99. The number of nitrogens with one attached hydrogen (secondary N) is 2. The molecule has 7 nitrogen and oxygen atoms in total. The summed E-state index contributed by atoms with van der Waals surface area (Å²) in [6.45, 7) is 2.74. The third-order valence-electron chi connectivity index (χ3n) is 4.31. The number of carbonyl (C=O) groups excluding carboxylic acids is 1. The molecule has 0 aliphatic rings. The number of sulfonamides is 1. The molecule has 0 saturated heterocycles. The lowest BCUT2D eigenvalue weighted by atomic mass is 10.1. The zero-order chi connectivity index (χ0) is 20.9. The quantitative estimate of drug-likeness (QED) is 0.533. The van der Waals surface area contributed by atoms with Crippen LogP contribution in [-0.4, -0.2) is 30.4 Å². The molecule has 2 N–H and O–H groups in total. The summed E-state index contributed by atoms with van der Waals surface area (Å²) < 4.78 is 29.5. The summed E-state index contributed by atoms with van der Waals surface area (Å²) in [5.74, 6) is -0.294. The first-order chi connectivity index (χ1) is 13.8. The molecular formula is C20H21ClN4O3S. The number of amides is 1. The maximum absolute atomic E-state index is 12.5. The Bertz CT molecular complexity index is 1080. The van der Waals surface area contributed by atoms with Crippen molar-refractivity contribution in [2.75, 3.05) is 11.9 Å². The van der Waals surface area contributed by atoms with Crippen molar-refractivity contribution in [2.45, 2.75) is 24.8 Å². The lowest BCUT2D eigenvalue weighted by Gasteiger charge is -2.12. The van der Waals surface area contributed by atoms with Crippen LogP contribution in [0, 0.1) is 6.92 Å².